The average Bonchev–Trinajstić information content (AvgIpc) is 3.11. The third-order valence-corrected chi connectivity index (χ3v) is 5.61. The minimum absolute atomic E-state index is 0.0151. The van der Waals surface area contributed by atoms with Gasteiger partial charge >= 0.3 is 0 Å². The Labute approximate surface area is 191 Å². The van der Waals surface area contributed by atoms with E-state index in [2.05, 4.69) is 0 Å². The molecule has 0 unspecified atom stereocenters. The Bertz CT molecular complexity index is 1300. The maximum atomic E-state index is 13.5. The lowest BCUT2D eigenvalue weighted by molar-refractivity contribution is -0.117. The number of hydrogen-bond donors (Lipinski definition) is 1. The number of hydrogen-bond acceptors (Lipinski definition) is 3. The second-order valence-corrected chi connectivity index (χ2v) is 7.94. The quantitative estimate of drug-likeness (QED) is 0.387. The van der Waals surface area contributed by atoms with Gasteiger partial charge in [0.2, 0.25) is 11.7 Å². The number of aromatic nitrogens is 1. The molecule has 2 heterocycles. The first-order chi connectivity index (χ1) is 15.5. The van der Waals surface area contributed by atoms with Gasteiger partial charge < -0.3 is 14.9 Å². The first kappa shape index (κ1) is 21.7. The van der Waals surface area contributed by atoms with Gasteiger partial charge in [0, 0.05) is 16.8 Å². The summed E-state index contributed by atoms with van der Waals surface area (Å²) in [6.45, 7) is 2.32. The first-order valence-electron chi connectivity index (χ1n) is 10.4. The molecule has 0 atom stereocenters. The van der Waals surface area contributed by atoms with Crippen LogP contribution >= 0.6 is 11.6 Å². The summed E-state index contributed by atoms with van der Waals surface area (Å²) in [4.78, 5) is 25.5. The molecule has 4 aromatic rings. The van der Waals surface area contributed by atoms with Crippen LogP contribution in [-0.2, 0) is 24.2 Å². The van der Waals surface area contributed by atoms with Gasteiger partial charge in [-0.1, -0.05) is 61.0 Å². The highest BCUT2D eigenvalue weighted by Gasteiger charge is 2.26. The predicted molar refractivity (Wildman–Crippen MR) is 125 cm³/mol. The Morgan fingerprint density at radius 3 is 2.47 bits per heavy atom. The molecule has 6 heteroatoms. The lowest BCUT2D eigenvalue weighted by Crippen LogP contribution is -2.15. The summed E-state index contributed by atoms with van der Waals surface area (Å²) in [5.74, 6) is -0.0467. The van der Waals surface area contributed by atoms with Crippen molar-refractivity contribution < 1.29 is 14.3 Å². The van der Waals surface area contributed by atoms with Crippen LogP contribution < -0.4 is 10.5 Å². The molecule has 0 aliphatic carbocycles. The molecule has 4 rings (SSSR count). The molecular weight excluding hydrogens is 424 g/mol. The summed E-state index contributed by atoms with van der Waals surface area (Å²) >= 11 is 6.13. The third kappa shape index (κ3) is 4.25. The summed E-state index contributed by atoms with van der Waals surface area (Å²) in [6, 6.07) is 20.3. The molecule has 162 valence electrons. The molecule has 0 aliphatic heterocycles. The van der Waals surface area contributed by atoms with Crippen LogP contribution in [0.2, 0.25) is 5.02 Å². The van der Waals surface area contributed by atoms with Crippen LogP contribution in [0.3, 0.4) is 0 Å². The lowest BCUT2D eigenvalue weighted by Gasteiger charge is -2.10. The Hall–Kier alpha value is -3.57. The monoisotopic (exact) mass is 446 g/mol. The number of carbonyl (C=O) groups is 2. The van der Waals surface area contributed by atoms with Crippen molar-refractivity contribution in [2.24, 2.45) is 5.73 Å². The maximum Gasteiger partial charge on any atom is 0.221 e. The fraction of sp³-hybridized carbons (Fsp3) is 0.154. The Balaban J connectivity index is 1.88. The summed E-state index contributed by atoms with van der Waals surface area (Å²) in [6.07, 6.45) is 2.39. The zero-order valence-corrected chi connectivity index (χ0v) is 18.4. The smallest absolute Gasteiger partial charge is 0.221 e. The highest BCUT2D eigenvalue weighted by atomic mass is 35.5. The number of ether oxygens (including phenoxy) is 1. The van der Waals surface area contributed by atoms with Crippen molar-refractivity contribution in [3.05, 3.63) is 106 Å². The molecule has 0 bridgehead atoms. The van der Waals surface area contributed by atoms with Crippen molar-refractivity contribution in [2.45, 2.75) is 26.4 Å². The highest BCUT2D eigenvalue weighted by Crippen LogP contribution is 2.33. The molecule has 1 amide bonds. The molecule has 0 fully saturated rings. The van der Waals surface area contributed by atoms with Crippen molar-refractivity contribution in [3.63, 3.8) is 0 Å². The number of halogens is 1. The second-order valence-electron chi connectivity index (χ2n) is 7.51. The minimum Gasteiger partial charge on any atom is -0.487 e. The normalized spacial score (nSPS) is 10.9. The van der Waals surface area contributed by atoms with E-state index in [0.717, 1.165) is 11.1 Å². The van der Waals surface area contributed by atoms with E-state index in [-0.39, 0.29) is 12.2 Å². The van der Waals surface area contributed by atoms with E-state index < -0.39 is 5.91 Å². The average molecular weight is 447 g/mol. The van der Waals surface area contributed by atoms with E-state index in [1.54, 1.807) is 28.7 Å². The lowest BCUT2D eigenvalue weighted by atomic mass is 9.99. The zero-order chi connectivity index (χ0) is 22.7. The summed E-state index contributed by atoms with van der Waals surface area (Å²) in [7, 11) is 0. The van der Waals surface area contributed by atoms with E-state index in [4.69, 9.17) is 22.1 Å². The third-order valence-electron chi connectivity index (χ3n) is 5.38. The van der Waals surface area contributed by atoms with Crippen LogP contribution in [0.25, 0.3) is 5.52 Å². The molecule has 5 nitrogen and oxygen atoms in total. The summed E-state index contributed by atoms with van der Waals surface area (Å²) in [5, 5.41) is 0.485. The van der Waals surface area contributed by atoms with E-state index >= 15 is 0 Å². The number of pyridine rings is 1. The van der Waals surface area contributed by atoms with Crippen molar-refractivity contribution in [1.29, 1.82) is 0 Å². The molecule has 0 saturated heterocycles. The number of primary amides is 1. The van der Waals surface area contributed by atoms with E-state index in [1.807, 2.05) is 55.6 Å². The fourth-order valence-corrected chi connectivity index (χ4v) is 4.20. The van der Waals surface area contributed by atoms with Crippen molar-refractivity contribution in [1.82, 2.24) is 4.40 Å². The summed E-state index contributed by atoms with van der Waals surface area (Å²) in [5.41, 5.74) is 9.75. The van der Waals surface area contributed by atoms with Gasteiger partial charge in [-0.3, -0.25) is 9.59 Å². The van der Waals surface area contributed by atoms with Gasteiger partial charge in [-0.05, 0) is 47.4 Å². The van der Waals surface area contributed by atoms with Crippen LogP contribution in [-0.4, -0.2) is 16.1 Å². The number of benzene rings is 2. The molecule has 0 aliphatic rings. The van der Waals surface area contributed by atoms with Gasteiger partial charge in [0.1, 0.15) is 12.4 Å². The van der Waals surface area contributed by atoms with Crippen molar-refractivity contribution >= 4 is 28.8 Å². The molecule has 32 heavy (non-hydrogen) atoms. The largest absolute Gasteiger partial charge is 0.487 e. The van der Waals surface area contributed by atoms with Gasteiger partial charge in [0.05, 0.1) is 17.6 Å². The summed E-state index contributed by atoms with van der Waals surface area (Å²) < 4.78 is 7.95. The van der Waals surface area contributed by atoms with Crippen LogP contribution in [0.4, 0.5) is 0 Å². The molecule has 2 N–H and O–H groups in total. The first-order valence-corrected chi connectivity index (χ1v) is 10.8. The number of amides is 1. The van der Waals surface area contributed by atoms with Gasteiger partial charge in [-0.25, -0.2) is 0 Å². The Kier molecular flexibility index (Phi) is 6.28. The highest BCUT2D eigenvalue weighted by molar-refractivity contribution is 6.31. The fourth-order valence-electron chi connectivity index (χ4n) is 4.01. The van der Waals surface area contributed by atoms with Crippen molar-refractivity contribution in [2.75, 3.05) is 0 Å². The molecule has 0 spiro atoms. The number of carbonyl (C=O) groups excluding carboxylic acids is 2. The van der Waals surface area contributed by atoms with Gasteiger partial charge in [0.15, 0.2) is 0 Å². The topological polar surface area (TPSA) is 73.8 Å². The number of nitrogens with zero attached hydrogens (tertiary/aromatic N) is 1. The number of rotatable bonds is 8. The standard InChI is InChI=1S/C26H23ClN2O3/c1-2-20-21(15-23(28)30)24-22(32-16-17-8-4-3-5-9-17)12-7-13-29(24)25(20)26(31)18-10-6-11-19(27)14-18/h3-14H,2,15-16H2,1H3,(H2,28,30). The van der Waals surface area contributed by atoms with Gasteiger partial charge in [0.25, 0.3) is 0 Å². The number of fused-ring (bicyclic) bond motifs is 1. The number of ketones is 1. The van der Waals surface area contributed by atoms with Crippen LogP contribution in [0.5, 0.6) is 5.75 Å². The predicted octanol–water partition coefficient (Wildman–Crippen LogP) is 4.99. The molecular formula is C26H23ClN2O3. The Morgan fingerprint density at radius 1 is 1.00 bits per heavy atom. The number of nitrogens with two attached hydrogens (primary N) is 1. The molecule has 0 radical (unpaired) electrons. The zero-order valence-electron chi connectivity index (χ0n) is 17.7. The SMILES string of the molecule is CCc1c(CC(N)=O)c2c(OCc3ccccc3)cccn2c1C(=O)c1cccc(Cl)c1. The minimum atomic E-state index is -0.466. The van der Waals surface area contributed by atoms with Crippen molar-refractivity contribution in [3.8, 4) is 5.75 Å². The molecule has 2 aromatic heterocycles. The van der Waals surface area contributed by atoms with Gasteiger partial charge in [-0.15, -0.1) is 0 Å². The van der Waals surface area contributed by atoms with Gasteiger partial charge in [-0.2, -0.15) is 0 Å². The van der Waals surface area contributed by atoms with Crippen LogP contribution in [0.15, 0.2) is 72.9 Å². The van der Waals surface area contributed by atoms with Crippen LogP contribution in [0.1, 0.15) is 39.7 Å². The second kappa shape index (κ2) is 9.28. The molecule has 2 aromatic carbocycles. The van der Waals surface area contributed by atoms with E-state index in [1.165, 1.54) is 0 Å². The molecule has 0 saturated carbocycles. The van der Waals surface area contributed by atoms with E-state index in [9.17, 15) is 9.59 Å². The van der Waals surface area contributed by atoms with E-state index in [0.29, 0.717) is 46.1 Å². The maximum absolute atomic E-state index is 13.5. The van der Waals surface area contributed by atoms with Crippen LogP contribution in [0, 0.1) is 0 Å². The Morgan fingerprint density at radius 2 is 1.78 bits per heavy atom.